The maximum Gasteiger partial charge on any atom is 0.326 e. The van der Waals surface area contributed by atoms with E-state index in [0.717, 1.165) is 0 Å². The molecular formula is C34H48N8O9. The van der Waals surface area contributed by atoms with Gasteiger partial charge in [-0.2, -0.15) is 0 Å². The van der Waals surface area contributed by atoms with Gasteiger partial charge in [-0.25, -0.2) is 4.79 Å². The Morgan fingerprint density at radius 1 is 0.706 bits per heavy atom. The number of carbonyl (C=O) groups excluding carboxylic acids is 4. The highest BCUT2D eigenvalue weighted by Crippen LogP contribution is 2.12. The quantitative estimate of drug-likeness (QED) is 0.0428. The fourth-order valence-electron chi connectivity index (χ4n) is 4.94. The summed E-state index contributed by atoms with van der Waals surface area (Å²) in [6, 6.07) is 8.27. The first-order valence-corrected chi connectivity index (χ1v) is 16.4. The Labute approximate surface area is 295 Å². The molecular weight excluding hydrogens is 664 g/mol. The first-order chi connectivity index (χ1) is 24.1. The SMILES string of the molecule is CC(C)[C@H](NC(=O)[C@@H](N)Cc1ccc(O)cc1)C(=O)N[C@@H](CCC(=O)O)C(=O)N[C@@H](CCCN=C(N)N)C(=O)N[C@@H](Cc1ccccc1)C(=O)O. The molecule has 2 aromatic carbocycles. The van der Waals surface area contributed by atoms with E-state index in [4.69, 9.17) is 17.2 Å². The first-order valence-electron chi connectivity index (χ1n) is 16.4. The van der Waals surface area contributed by atoms with E-state index in [1.807, 2.05) is 0 Å². The summed E-state index contributed by atoms with van der Waals surface area (Å²) in [6.07, 6.45) is -0.716. The number of benzene rings is 2. The van der Waals surface area contributed by atoms with Crippen LogP contribution < -0.4 is 38.5 Å². The van der Waals surface area contributed by atoms with Crippen LogP contribution in [0.4, 0.5) is 0 Å². The third-order valence-electron chi connectivity index (χ3n) is 7.73. The number of amides is 4. The molecule has 0 aliphatic heterocycles. The fourth-order valence-corrected chi connectivity index (χ4v) is 4.94. The summed E-state index contributed by atoms with van der Waals surface area (Å²) < 4.78 is 0. The van der Waals surface area contributed by atoms with Gasteiger partial charge in [0.05, 0.1) is 6.04 Å². The van der Waals surface area contributed by atoms with Gasteiger partial charge in [-0.1, -0.05) is 56.3 Å². The van der Waals surface area contributed by atoms with E-state index in [-0.39, 0.29) is 50.4 Å². The van der Waals surface area contributed by atoms with E-state index in [9.17, 15) is 44.1 Å². The summed E-state index contributed by atoms with van der Waals surface area (Å²) in [5.74, 6) is -6.44. The number of nitrogens with zero attached hydrogens (tertiary/aromatic N) is 1. The largest absolute Gasteiger partial charge is 0.508 e. The number of nitrogens with two attached hydrogens (primary N) is 3. The molecule has 0 saturated carbocycles. The highest BCUT2D eigenvalue weighted by Gasteiger charge is 2.33. The molecule has 0 unspecified atom stereocenters. The normalized spacial score (nSPS) is 13.8. The van der Waals surface area contributed by atoms with Gasteiger partial charge in [-0.15, -0.1) is 0 Å². The average Bonchev–Trinajstić information content (AvgIpc) is 3.07. The molecule has 0 spiro atoms. The number of phenols is 1. The van der Waals surface area contributed by atoms with Gasteiger partial charge in [-0.05, 0) is 54.9 Å². The molecule has 0 fully saturated rings. The van der Waals surface area contributed by atoms with Gasteiger partial charge in [0, 0.05) is 19.4 Å². The number of hydrogen-bond donors (Lipinski definition) is 10. The number of aliphatic carboxylic acids is 2. The molecule has 0 aromatic heterocycles. The molecule has 17 heteroatoms. The molecule has 0 bridgehead atoms. The van der Waals surface area contributed by atoms with Crippen LogP contribution in [0, 0.1) is 5.92 Å². The fraction of sp³-hybridized carbons (Fsp3) is 0.441. The van der Waals surface area contributed by atoms with Crippen molar-refractivity contribution in [2.45, 2.75) is 82.6 Å². The Morgan fingerprint density at radius 3 is 1.80 bits per heavy atom. The predicted octanol–water partition coefficient (Wildman–Crippen LogP) is -0.897. The second kappa shape index (κ2) is 20.7. The van der Waals surface area contributed by atoms with Crippen LogP contribution >= 0.6 is 0 Å². The molecule has 0 heterocycles. The highest BCUT2D eigenvalue weighted by molar-refractivity contribution is 5.95. The van der Waals surface area contributed by atoms with Crippen molar-refractivity contribution in [3.63, 3.8) is 0 Å². The van der Waals surface area contributed by atoms with Crippen LogP contribution in [0.5, 0.6) is 5.75 Å². The third-order valence-corrected chi connectivity index (χ3v) is 7.73. The van der Waals surface area contributed by atoms with Crippen molar-refractivity contribution < 1.29 is 44.1 Å². The Morgan fingerprint density at radius 2 is 1.25 bits per heavy atom. The van der Waals surface area contributed by atoms with Crippen molar-refractivity contribution in [1.29, 1.82) is 0 Å². The maximum absolute atomic E-state index is 13.6. The average molecular weight is 713 g/mol. The highest BCUT2D eigenvalue weighted by atomic mass is 16.4. The molecule has 0 radical (unpaired) electrons. The van der Waals surface area contributed by atoms with Gasteiger partial charge >= 0.3 is 11.9 Å². The molecule has 2 rings (SSSR count). The summed E-state index contributed by atoms with van der Waals surface area (Å²) >= 11 is 0. The standard InChI is InChI=1S/C34H48N8O9/c1-19(2)28(42-29(46)23(35)17-21-10-12-22(43)13-11-21)32(49)40-25(14-15-27(44)45)31(48)39-24(9-6-16-38-34(36)37)30(47)41-26(33(50)51)18-20-7-4-3-5-8-20/h3-5,7-8,10-13,19,23-26,28,43H,6,9,14-18,35H2,1-2H3,(H,39,48)(H,40,49)(H,41,47)(H,42,46)(H,44,45)(H,50,51)(H4,36,37,38)/t23-,24-,25-,26-,28-/m0/s1. The zero-order valence-electron chi connectivity index (χ0n) is 28.6. The number of guanidine groups is 1. The molecule has 0 aliphatic carbocycles. The monoisotopic (exact) mass is 712 g/mol. The lowest BCUT2D eigenvalue weighted by Crippen LogP contribution is -2.59. The molecule has 0 saturated heterocycles. The van der Waals surface area contributed by atoms with Crippen LogP contribution in [0.1, 0.15) is 50.7 Å². The van der Waals surface area contributed by atoms with Crippen LogP contribution in [-0.4, -0.2) is 93.6 Å². The summed E-state index contributed by atoms with van der Waals surface area (Å²) in [6.45, 7) is 3.37. The first kappa shape index (κ1) is 41.5. The van der Waals surface area contributed by atoms with Gasteiger partial charge in [-0.3, -0.25) is 29.0 Å². The van der Waals surface area contributed by atoms with E-state index in [0.29, 0.717) is 11.1 Å². The summed E-state index contributed by atoms with van der Waals surface area (Å²) in [5.41, 5.74) is 18.1. The van der Waals surface area contributed by atoms with Crippen LogP contribution in [0.3, 0.4) is 0 Å². The second-order valence-corrected chi connectivity index (χ2v) is 12.3. The molecule has 0 aliphatic rings. The van der Waals surface area contributed by atoms with Gasteiger partial charge < -0.3 is 53.8 Å². The lowest BCUT2D eigenvalue weighted by molar-refractivity contribution is -0.142. The molecule has 13 N–H and O–H groups in total. The zero-order valence-corrected chi connectivity index (χ0v) is 28.6. The Kier molecular flexibility index (Phi) is 16.8. The van der Waals surface area contributed by atoms with Crippen LogP contribution in [-0.2, 0) is 41.6 Å². The number of carboxylic acids is 2. The number of phenolic OH excluding ortho intramolecular Hbond substituents is 1. The Balaban J connectivity index is 2.24. The minimum absolute atomic E-state index is 0.0419. The number of carboxylic acid groups (broad SMARTS) is 2. The topological polar surface area (TPSA) is 302 Å². The number of nitrogens with one attached hydrogen (secondary N) is 4. The number of aromatic hydroxyl groups is 1. The van der Waals surface area contributed by atoms with Gasteiger partial charge in [0.1, 0.15) is 29.9 Å². The van der Waals surface area contributed by atoms with E-state index in [1.54, 1.807) is 56.3 Å². The predicted molar refractivity (Wildman–Crippen MR) is 187 cm³/mol. The van der Waals surface area contributed by atoms with Gasteiger partial charge in [0.25, 0.3) is 0 Å². The Hall–Kier alpha value is -5.71. The Bertz CT molecular complexity index is 1520. The van der Waals surface area contributed by atoms with Crippen molar-refractivity contribution in [2.24, 2.45) is 28.1 Å². The lowest BCUT2D eigenvalue weighted by Gasteiger charge is -2.27. The lowest BCUT2D eigenvalue weighted by atomic mass is 10.00. The van der Waals surface area contributed by atoms with E-state index >= 15 is 0 Å². The number of rotatable bonds is 21. The smallest absolute Gasteiger partial charge is 0.326 e. The van der Waals surface area contributed by atoms with E-state index in [1.165, 1.54) is 12.1 Å². The van der Waals surface area contributed by atoms with Gasteiger partial charge in [0.2, 0.25) is 23.6 Å². The minimum atomic E-state index is -1.47. The van der Waals surface area contributed by atoms with Crippen LogP contribution in [0.25, 0.3) is 0 Å². The second-order valence-electron chi connectivity index (χ2n) is 12.3. The minimum Gasteiger partial charge on any atom is -0.508 e. The summed E-state index contributed by atoms with van der Waals surface area (Å²) in [5, 5.41) is 38.7. The third kappa shape index (κ3) is 15.2. The maximum atomic E-state index is 13.6. The molecule has 5 atom stereocenters. The molecule has 2 aromatic rings. The van der Waals surface area contributed by atoms with Crippen molar-refractivity contribution in [3.05, 3.63) is 65.7 Å². The number of carbonyl (C=O) groups is 6. The number of aliphatic imine (C=N–C) groups is 1. The van der Waals surface area contributed by atoms with Crippen molar-refractivity contribution in [2.75, 3.05) is 6.54 Å². The molecule has 278 valence electrons. The summed E-state index contributed by atoms with van der Waals surface area (Å²) in [7, 11) is 0. The van der Waals surface area contributed by atoms with Crippen molar-refractivity contribution in [3.8, 4) is 5.75 Å². The zero-order chi connectivity index (χ0) is 38.1. The molecule has 4 amide bonds. The molecule has 17 nitrogen and oxygen atoms in total. The molecule has 51 heavy (non-hydrogen) atoms. The van der Waals surface area contributed by atoms with E-state index < -0.39 is 78.1 Å². The van der Waals surface area contributed by atoms with Gasteiger partial charge in [0.15, 0.2) is 5.96 Å². The van der Waals surface area contributed by atoms with Crippen molar-refractivity contribution in [1.82, 2.24) is 21.3 Å². The van der Waals surface area contributed by atoms with E-state index in [2.05, 4.69) is 26.3 Å². The van der Waals surface area contributed by atoms with Crippen LogP contribution in [0.2, 0.25) is 0 Å². The van der Waals surface area contributed by atoms with Crippen LogP contribution in [0.15, 0.2) is 59.6 Å². The summed E-state index contributed by atoms with van der Waals surface area (Å²) in [4.78, 5) is 80.8. The van der Waals surface area contributed by atoms with Crippen molar-refractivity contribution >= 4 is 41.5 Å². The number of hydrogen-bond acceptors (Lipinski definition) is 9.